The number of aryl methyl sites for hydroxylation is 1. The lowest BCUT2D eigenvalue weighted by molar-refractivity contribution is -0.116. The molecule has 1 fully saturated rings. The number of fused-ring (bicyclic) bond motifs is 1. The molecule has 1 saturated carbocycles. The number of thiophene rings is 1. The topological polar surface area (TPSA) is 90.3 Å². The Labute approximate surface area is 196 Å². The van der Waals surface area contributed by atoms with Crippen LogP contribution in [0.5, 0.6) is 0 Å². The lowest BCUT2D eigenvalue weighted by Gasteiger charge is -2.21. The van der Waals surface area contributed by atoms with E-state index in [0.717, 1.165) is 36.9 Å². The van der Waals surface area contributed by atoms with E-state index in [-0.39, 0.29) is 30.0 Å². The molecule has 7 nitrogen and oxygen atoms in total. The zero-order valence-corrected chi connectivity index (χ0v) is 20.0. The number of hydrogen-bond acceptors (Lipinski definition) is 6. The monoisotopic (exact) mass is 467 g/mol. The molecule has 4 rings (SSSR count). The van der Waals surface area contributed by atoms with Gasteiger partial charge in [0.1, 0.15) is 22.4 Å². The fourth-order valence-corrected chi connectivity index (χ4v) is 5.34. The van der Waals surface area contributed by atoms with Crippen LogP contribution in [0.3, 0.4) is 0 Å². The van der Waals surface area contributed by atoms with Crippen molar-refractivity contribution in [1.29, 1.82) is 0 Å². The summed E-state index contributed by atoms with van der Waals surface area (Å²) in [6.07, 6.45) is 6.39. The Balaban J connectivity index is 1.54. The van der Waals surface area contributed by atoms with Gasteiger partial charge < -0.3 is 10.1 Å². The van der Waals surface area contributed by atoms with Gasteiger partial charge in [0.25, 0.3) is 5.56 Å². The third kappa shape index (κ3) is 5.00. The van der Waals surface area contributed by atoms with Crippen molar-refractivity contribution in [1.82, 2.24) is 9.55 Å². The fourth-order valence-electron chi connectivity index (χ4n) is 4.31. The van der Waals surface area contributed by atoms with Crippen LogP contribution in [0.25, 0.3) is 10.2 Å². The first kappa shape index (κ1) is 23.2. The van der Waals surface area contributed by atoms with E-state index in [9.17, 15) is 14.4 Å². The molecule has 174 valence electrons. The van der Waals surface area contributed by atoms with E-state index in [4.69, 9.17) is 4.74 Å². The number of nitrogens with one attached hydrogen (secondary N) is 1. The number of benzene rings is 1. The zero-order valence-electron chi connectivity index (χ0n) is 19.2. The molecule has 1 aliphatic carbocycles. The van der Waals surface area contributed by atoms with Crippen LogP contribution >= 0.6 is 11.3 Å². The van der Waals surface area contributed by atoms with Gasteiger partial charge in [-0.25, -0.2) is 9.78 Å². The van der Waals surface area contributed by atoms with Crippen molar-refractivity contribution in [3.63, 3.8) is 0 Å². The van der Waals surface area contributed by atoms with Gasteiger partial charge in [-0.2, -0.15) is 0 Å². The van der Waals surface area contributed by atoms with Gasteiger partial charge in [0, 0.05) is 5.69 Å². The van der Waals surface area contributed by atoms with Crippen LogP contribution in [-0.2, 0) is 16.1 Å². The summed E-state index contributed by atoms with van der Waals surface area (Å²) in [7, 11) is 0. The lowest BCUT2D eigenvalue weighted by Crippen LogP contribution is -2.28. The normalized spacial score (nSPS) is 14.5. The standard InChI is InChI=1S/C25H29N3O4S/c1-15(2)18-11-7-8-12-19(18)27-20(29)13-28-14-26-23-21(24(28)30)16(3)22(33-23)25(31)32-17-9-5-4-6-10-17/h7-8,11-12,14-15,17H,4-6,9-10,13H2,1-3H3,(H,27,29). The summed E-state index contributed by atoms with van der Waals surface area (Å²) < 4.78 is 6.97. The van der Waals surface area contributed by atoms with Crippen molar-refractivity contribution in [3.8, 4) is 0 Å². The van der Waals surface area contributed by atoms with E-state index < -0.39 is 5.97 Å². The summed E-state index contributed by atoms with van der Waals surface area (Å²) in [5.41, 5.74) is 1.99. The van der Waals surface area contributed by atoms with Gasteiger partial charge in [-0.3, -0.25) is 14.2 Å². The van der Waals surface area contributed by atoms with Gasteiger partial charge in [-0.15, -0.1) is 11.3 Å². The number of carbonyl (C=O) groups is 2. The van der Waals surface area contributed by atoms with Crippen LogP contribution < -0.4 is 10.9 Å². The highest BCUT2D eigenvalue weighted by Gasteiger charge is 2.24. The number of carbonyl (C=O) groups excluding carboxylic acids is 2. The Kier molecular flexibility index (Phi) is 6.93. The van der Waals surface area contributed by atoms with Crippen LogP contribution in [0.2, 0.25) is 0 Å². The van der Waals surface area contributed by atoms with E-state index >= 15 is 0 Å². The molecule has 0 atom stereocenters. The molecule has 2 aromatic heterocycles. The number of rotatable bonds is 6. The number of aromatic nitrogens is 2. The molecule has 8 heteroatoms. The van der Waals surface area contributed by atoms with Crippen molar-refractivity contribution < 1.29 is 14.3 Å². The maximum absolute atomic E-state index is 13.1. The third-order valence-electron chi connectivity index (χ3n) is 6.10. The predicted molar refractivity (Wildman–Crippen MR) is 130 cm³/mol. The molecule has 1 N–H and O–H groups in total. The average molecular weight is 468 g/mol. The summed E-state index contributed by atoms with van der Waals surface area (Å²) in [4.78, 5) is 43.8. The van der Waals surface area contributed by atoms with Gasteiger partial charge in [0.2, 0.25) is 5.91 Å². The maximum Gasteiger partial charge on any atom is 0.348 e. The third-order valence-corrected chi connectivity index (χ3v) is 7.28. The molecule has 0 spiro atoms. The quantitative estimate of drug-likeness (QED) is 0.514. The Bertz CT molecular complexity index is 1240. The number of ether oxygens (including phenoxy) is 1. The van der Waals surface area contributed by atoms with E-state index in [1.165, 1.54) is 28.7 Å². The zero-order chi connectivity index (χ0) is 23.5. The van der Waals surface area contributed by atoms with E-state index in [1.54, 1.807) is 6.92 Å². The minimum atomic E-state index is -0.392. The summed E-state index contributed by atoms with van der Waals surface area (Å²) >= 11 is 1.17. The Morgan fingerprint density at radius 1 is 1.21 bits per heavy atom. The number of hydrogen-bond donors (Lipinski definition) is 1. The van der Waals surface area contributed by atoms with Crippen molar-refractivity contribution in [3.05, 3.63) is 57.0 Å². The molecule has 0 aliphatic heterocycles. The van der Waals surface area contributed by atoms with Crippen molar-refractivity contribution in [2.75, 3.05) is 5.32 Å². The van der Waals surface area contributed by atoms with Crippen LogP contribution in [0.15, 0.2) is 35.4 Å². The van der Waals surface area contributed by atoms with Crippen LogP contribution in [0.4, 0.5) is 5.69 Å². The van der Waals surface area contributed by atoms with Crippen LogP contribution in [-0.4, -0.2) is 27.5 Å². The molecule has 2 heterocycles. The Morgan fingerprint density at radius 3 is 2.67 bits per heavy atom. The summed E-state index contributed by atoms with van der Waals surface area (Å²) in [6.45, 7) is 5.70. The van der Waals surface area contributed by atoms with Crippen LogP contribution in [0, 0.1) is 6.92 Å². The second-order valence-corrected chi connectivity index (χ2v) is 9.87. The highest BCUT2D eigenvalue weighted by molar-refractivity contribution is 7.20. The molecule has 0 radical (unpaired) electrons. The van der Waals surface area contributed by atoms with E-state index in [1.807, 2.05) is 24.3 Å². The summed E-state index contributed by atoms with van der Waals surface area (Å²) in [6, 6.07) is 7.63. The fraction of sp³-hybridized carbons (Fsp3) is 0.440. The average Bonchev–Trinajstić information content (AvgIpc) is 3.14. The van der Waals surface area contributed by atoms with Gasteiger partial charge in [0.05, 0.1) is 11.7 Å². The largest absolute Gasteiger partial charge is 0.458 e. The molecule has 1 aliphatic rings. The first-order chi connectivity index (χ1) is 15.8. The van der Waals surface area contributed by atoms with Gasteiger partial charge >= 0.3 is 5.97 Å². The van der Waals surface area contributed by atoms with Gasteiger partial charge in [-0.05, 0) is 55.7 Å². The maximum atomic E-state index is 13.1. The molecule has 33 heavy (non-hydrogen) atoms. The molecule has 0 unspecified atom stereocenters. The summed E-state index contributed by atoms with van der Waals surface area (Å²) in [5.74, 6) is -0.449. The van der Waals surface area contributed by atoms with E-state index in [0.29, 0.717) is 20.7 Å². The highest BCUT2D eigenvalue weighted by atomic mass is 32.1. The molecular formula is C25H29N3O4S. The van der Waals surface area contributed by atoms with Gasteiger partial charge in [0.15, 0.2) is 0 Å². The smallest absolute Gasteiger partial charge is 0.348 e. The number of para-hydroxylation sites is 1. The minimum Gasteiger partial charge on any atom is -0.458 e. The molecular weight excluding hydrogens is 438 g/mol. The highest BCUT2D eigenvalue weighted by Crippen LogP contribution is 2.29. The van der Waals surface area contributed by atoms with Crippen molar-refractivity contribution in [2.24, 2.45) is 0 Å². The first-order valence-electron chi connectivity index (χ1n) is 11.4. The second kappa shape index (κ2) is 9.87. The van der Waals surface area contributed by atoms with Crippen LogP contribution in [0.1, 0.15) is 72.7 Å². The molecule has 0 bridgehead atoms. The number of esters is 1. The predicted octanol–water partition coefficient (Wildman–Crippen LogP) is 5.02. The first-order valence-corrected chi connectivity index (χ1v) is 12.2. The Morgan fingerprint density at radius 2 is 1.94 bits per heavy atom. The summed E-state index contributed by atoms with van der Waals surface area (Å²) in [5, 5.41) is 3.27. The number of amides is 1. The molecule has 1 aromatic carbocycles. The van der Waals surface area contributed by atoms with E-state index in [2.05, 4.69) is 24.1 Å². The number of anilines is 1. The minimum absolute atomic E-state index is 0.0575. The SMILES string of the molecule is Cc1c(C(=O)OC2CCCCC2)sc2ncn(CC(=O)Nc3ccccc3C(C)C)c(=O)c12. The van der Waals surface area contributed by atoms with Gasteiger partial charge in [-0.1, -0.05) is 38.5 Å². The Hall–Kier alpha value is -3.00. The van der Waals surface area contributed by atoms with Crippen molar-refractivity contribution in [2.45, 2.75) is 71.4 Å². The van der Waals surface area contributed by atoms with Crippen molar-refractivity contribution >= 4 is 39.1 Å². The molecule has 1 amide bonds. The number of nitrogens with zero attached hydrogens (tertiary/aromatic N) is 2. The molecule has 0 saturated heterocycles. The second-order valence-electron chi connectivity index (χ2n) is 8.87. The lowest BCUT2D eigenvalue weighted by atomic mass is 9.98. The molecule has 3 aromatic rings.